The lowest BCUT2D eigenvalue weighted by Gasteiger charge is -2.31. The van der Waals surface area contributed by atoms with Crippen molar-refractivity contribution in [1.82, 2.24) is 4.31 Å². The predicted molar refractivity (Wildman–Crippen MR) is 48.1 cm³/mol. The van der Waals surface area contributed by atoms with E-state index in [4.69, 9.17) is 5.14 Å². The van der Waals surface area contributed by atoms with Crippen molar-refractivity contribution in [1.29, 1.82) is 0 Å². The first kappa shape index (κ1) is 10.6. The molecule has 1 aliphatic heterocycles. The fraction of sp³-hybridized carbons (Fsp3) is 0.857. The lowest BCUT2D eigenvalue weighted by molar-refractivity contribution is -0.121. The molecular weight excluding hydrogens is 192 g/mol. The lowest BCUT2D eigenvalue weighted by Crippen LogP contribution is -2.49. The minimum atomic E-state index is -3.71. The van der Waals surface area contributed by atoms with Gasteiger partial charge in [0.2, 0.25) is 0 Å². The number of rotatable bonds is 2. The average Bonchev–Trinajstić information content (AvgIpc) is 2.03. The topological polar surface area (TPSA) is 80.5 Å². The number of ketones is 1. The Hall–Kier alpha value is -0.460. The Kier molecular flexibility index (Phi) is 3.05. The molecule has 0 spiro atoms. The Bertz CT molecular complexity index is 299. The van der Waals surface area contributed by atoms with Gasteiger partial charge < -0.3 is 0 Å². The summed E-state index contributed by atoms with van der Waals surface area (Å²) in [4.78, 5) is 11.1. The molecule has 1 rings (SSSR count). The van der Waals surface area contributed by atoms with Gasteiger partial charge in [0, 0.05) is 6.54 Å². The normalized spacial score (nSPS) is 25.8. The maximum atomic E-state index is 11.1. The molecule has 1 unspecified atom stereocenters. The number of carbonyl (C=O) groups is 1. The molecular formula is C7H14N2O3S. The molecule has 0 saturated carbocycles. The summed E-state index contributed by atoms with van der Waals surface area (Å²) in [6.07, 6.45) is 2.25. The first-order chi connectivity index (χ1) is 5.93. The van der Waals surface area contributed by atoms with Crippen LogP contribution in [0.3, 0.4) is 0 Å². The van der Waals surface area contributed by atoms with Crippen LogP contribution in [0.1, 0.15) is 26.2 Å². The highest BCUT2D eigenvalue weighted by Gasteiger charge is 2.32. The molecule has 0 bridgehead atoms. The van der Waals surface area contributed by atoms with Crippen LogP contribution in [-0.4, -0.2) is 31.1 Å². The van der Waals surface area contributed by atoms with Crippen LogP contribution in [0.4, 0.5) is 0 Å². The molecule has 0 aromatic rings. The van der Waals surface area contributed by atoms with Gasteiger partial charge in [0.15, 0.2) is 0 Å². The Labute approximate surface area is 78.1 Å². The third-order valence-electron chi connectivity index (χ3n) is 2.25. The fourth-order valence-corrected chi connectivity index (χ4v) is 2.61. The summed E-state index contributed by atoms with van der Waals surface area (Å²) in [5.41, 5.74) is 0. The SMILES string of the molecule is CC(=O)C1CCCCN1S(N)(=O)=O. The molecule has 5 nitrogen and oxygen atoms in total. The number of piperidine rings is 1. The van der Waals surface area contributed by atoms with E-state index in [1.807, 2.05) is 0 Å². The summed E-state index contributed by atoms with van der Waals surface area (Å²) in [6, 6.07) is -0.538. The molecule has 1 fully saturated rings. The van der Waals surface area contributed by atoms with Gasteiger partial charge in [-0.3, -0.25) is 4.79 Å². The zero-order chi connectivity index (χ0) is 10.1. The summed E-state index contributed by atoms with van der Waals surface area (Å²) >= 11 is 0. The zero-order valence-electron chi connectivity index (χ0n) is 7.56. The van der Waals surface area contributed by atoms with Gasteiger partial charge in [-0.2, -0.15) is 12.7 Å². The zero-order valence-corrected chi connectivity index (χ0v) is 8.38. The number of nitrogens with two attached hydrogens (primary N) is 1. The molecule has 13 heavy (non-hydrogen) atoms. The van der Waals surface area contributed by atoms with E-state index < -0.39 is 16.3 Å². The van der Waals surface area contributed by atoms with Crippen molar-refractivity contribution in [3.63, 3.8) is 0 Å². The molecule has 0 aromatic carbocycles. The summed E-state index contributed by atoms with van der Waals surface area (Å²) in [5.74, 6) is -0.131. The standard InChI is InChI=1S/C7H14N2O3S/c1-6(10)7-4-2-3-5-9(7)13(8,11)12/h7H,2-5H2,1H3,(H2,8,11,12). The molecule has 0 radical (unpaired) electrons. The van der Waals surface area contributed by atoms with Gasteiger partial charge in [-0.25, -0.2) is 5.14 Å². The largest absolute Gasteiger partial charge is 0.298 e. The fourth-order valence-electron chi connectivity index (χ4n) is 1.62. The van der Waals surface area contributed by atoms with Gasteiger partial charge in [-0.05, 0) is 19.8 Å². The minimum absolute atomic E-state index is 0.131. The molecule has 1 heterocycles. The van der Waals surface area contributed by atoms with E-state index in [0.29, 0.717) is 13.0 Å². The van der Waals surface area contributed by atoms with Crippen molar-refractivity contribution in [2.24, 2.45) is 5.14 Å². The van der Waals surface area contributed by atoms with Crippen molar-refractivity contribution < 1.29 is 13.2 Å². The Morgan fingerprint density at radius 1 is 1.46 bits per heavy atom. The van der Waals surface area contributed by atoms with Gasteiger partial charge in [0.1, 0.15) is 5.78 Å². The van der Waals surface area contributed by atoms with E-state index in [2.05, 4.69) is 0 Å². The van der Waals surface area contributed by atoms with Crippen LogP contribution in [0.2, 0.25) is 0 Å². The van der Waals surface area contributed by atoms with E-state index >= 15 is 0 Å². The van der Waals surface area contributed by atoms with E-state index in [9.17, 15) is 13.2 Å². The van der Waals surface area contributed by atoms with Gasteiger partial charge in [-0.1, -0.05) is 6.42 Å². The second-order valence-electron chi connectivity index (χ2n) is 3.28. The van der Waals surface area contributed by atoms with Gasteiger partial charge >= 0.3 is 0 Å². The van der Waals surface area contributed by atoms with Crippen LogP contribution in [0.5, 0.6) is 0 Å². The summed E-state index contributed by atoms with van der Waals surface area (Å²) in [6.45, 7) is 1.76. The molecule has 0 aromatic heterocycles. The van der Waals surface area contributed by atoms with E-state index in [-0.39, 0.29) is 5.78 Å². The third kappa shape index (κ3) is 2.49. The quantitative estimate of drug-likeness (QED) is 0.669. The minimum Gasteiger partial charge on any atom is -0.298 e. The first-order valence-corrected chi connectivity index (χ1v) is 5.73. The summed E-state index contributed by atoms with van der Waals surface area (Å²) in [5, 5.41) is 4.98. The third-order valence-corrected chi connectivity index (χ3v) is 3.34. The number of nitrogens with zero attached hydrogens (tertiary/aromatic N) is 1. The Morgan fingerprint density at radius 3 is 2.46 bits per heavy atom. The highest BCUT2D eigenvalue weighted by atomic mass is 32.2. The highest BCUT2D eigenvalue weighted by Crippen LogP contribution is 2.19. The average molecular weight is 206 g/mol. The molecule has 0 amide bonds. The van der Waals surface area contributed by atoms with Crippen molar-refractivity contribution in [3.05, 3.63) is 0 Å². The van der Waals surface area contributed by atoms with Crippen LogP contribution < -0.4 is 5.14 Å². The number of carbonyl (C=O) groups excluding carboxylic acids is 1. The van der Waals surface area contributed by atoms with Gasteiger partial charge in [0.25, 0.3) is 10.2 Å². The van der Waals surface area contributed by atoms with Gasteiger partial charge in [-0.15, -0.1) is 0 Å². The smallest absolute Gasteiger partial charge is 0.277 e. The summed E-state index contributed by atoms with van der Waals surface area (Å²) in [7, 11) is -3.71. The molecule has 6 heteroatoms. The van der Waals surface area contributed by atoms with Gasteiger partial charge in [0.05, 0.1) is 6.04 Å². The number of hydrogen-bond donors (Lipinski definition) is 1. The van der Waals surface area contributed by atoms with Crippen molar-refractivity contribution in [2.75, 3.05) is 6.54 Å². The van der Waals surface area contributed by atoms with Crippen LogP contribution in [0, 0.1) is 0 Å². The molecule has 1 atom stereocenters. The predicted octanol–water partition coefficient (Wildman–Crippen LogP) is -0.367. The Morgan fingerprint density at radius 2 is 2.08 bits per heavy atom. The van der Waals surface area contributed by atoms with E-state index in [1.54, 1.807) is 0 Å². The van der Waals surface area contributed by atoms with Crippen molar-refractivity contribution in [3.8, 4) is 0 Å². The lowest BCUT2D eigenvalue weighted by atomic mass is 10.0. The highest BCUT2D eigenvalue weighted by molar-refractivity contribution is 7.86. The maximum Gasteiger partial charge on any atom is 0.277 e. The second-order valence-corrected chi connectivity index (χ2v) is 4.78. The monoisotopic (exact) mass is 206 g/mol. The number of Topliss-reactive ketones (excluding diaryl/α,β-unsaturated/α-hetero) is 1. The van der Waals surface area contributed by atoms with E-state index in [0.717, 1.165) is 17.1 Å². The van der Waals surface area contributed by atoms with E-state index in [1.165, 1.54) is 6.92 Å². The molecule has 76 valence electrons. The molecule has 1 aliphatic rings. The molecule has 2 N–H and O–H groups in total. The Balaban J connectivity index is 2.86. The number of hydrogen-bond acceptors (Lipinski definition) is 3. The molecule has 0 aliphatic carbocycles. The first-order valence-electron chi connectivity index (χ1n) is 4.23. The van der Waals surface area contributed by atoms with Crippen molar-refractivity contribution >= 4 is 16.0 Å². The van der Waals surface area contributed by atoms with Crippen LogP contribution in [-0.2, 0) is 15.0 Å². The van der Waals surface area contributed by atoms with Crippen LogP contribution in [0.15, 0.2) is 0 Å². The van der Waals surface area contributed by atoms with Crippen LogP contribution in [0.25, 0.3) is 0 Å². The summed E-state index contributed by atoms with van der Waals surface area (Å²) < 4.78 is 23.2. The second kappa shape index (κ2) is 3.73. The molecule has 1 saturated heterocycles. The maximum absolute atomic E-state index is 11.1. The van der Waals surface area contributed by atoms with Crippen molar-refractivity contribution in [2.45, 2.75) is 32.2 Å². The van der Waals surface area contributed by atoms with Crippen LogP contribution >= 0.6 is 0 Å².